The third kappa shape index (κ3) is 99.2. The molecule has 0 aromatic carbocycles. The number of rotatable bonds is 0. The summed E-state index contributed by atoms with van der Waals surface area (Å²) in [7, 11) is -4.64. The molecule has 58 valence electrons. The number of hydrogen-bond acceptors (Lipinski definition) is 1. The topological polar surface area (TPSA) is 109 Å². The van der Waals surface area contributed by atoms with Gasteiger partial charge in [-0.1, -0.05) is 0 Å². The van der Waals surface area contributed by atoms with Crippen LogP contribution in [0.5, 0.6) is 0 Å². The van der Waals surface area contributed by atoms with Gasteiger partial charge in [0.25, 0.3) is 0 Å². The van der Waals surface area contributed by atoms with E-state index < -0.39 is 7.82 Å². The Morgan fingerprint density at radius 1 is 1.20 bits per heavy atom. The first-order valence-electron chi connectivity index (χ1n) is 0.783. The largest absolute Gasteiger partial charge is 2.00 e. The minimum atomic E-state index is -4.64. The third-order valence-electron chi connectivity index (χ3n) is 0. The van der Waals surface area contributed by atoms with Crippen molar-refractivity contribution in [1.82, 2.24) is 0 Å². The molecule has 0 aliphatic heterocycles. The second kappa shape index (κ2) is 18.4. The molecule has 0 aromatic heterocycles. The van der Waals surface area contributed by atoms with Crippen LogP contribution in [0.15, 0.2) is 0 Å². The van der Waals surface area contributed by atoms with E-state index in [2.05, 4.69) is 0 Å². The maximum absolute atomic E-state index is 8.88. The Bertz CT molecular complexity index is 79.9. The van der Waals surface area contributed by atoms with Gasteiger partial charge in [0.15, 0.2) is 0 Å². The van der Waals surface area contributed by atoms with Crippen molar-refractivity contribution in [2.75, 3.05) is 0 Å². The van der Waals surface area contributed by atoms with Gasteiger partial charge in [0, 0.05) is 19.5 Å². The normalized spacial score (nSPS) is 5.90. The van der Waals surface area contributed by atoms with Gasteiger partial charge in [-0.15, -0.1) is 0 Å². The van der Waals surface area contributed by atoms with Crippen molar-refractivity contribution in [2.45, 2.75) is 0 Å². The quantitative estimate of drug-likeness (QED) is 0.312. The summed E-state index contributed by atoms with van der Waals surface area (Å²) >= 11 is 0. The fourth-order valence-electron chi connectivity index (χ4n) is 0. The van der Waals surface area contributed by atoms with Crippen LogP contribution in [0.1, 0.15) is 5.71 Å². The van der Waals surface area contributed by atoms with E-state index in [1.807, 2.05) is 0 Å². The van der Waals surface area contributed by atoms with E-state index in [1.165, 1.54) is 0 Å². The van der Waals surface area contributed by atoms with Gasteiger partial charge in [0.05, 0.1) is 0 Å². The second-order valence-electron chi connectivity index (χ2n) is 0.513. The summed E-state index contributed by atoms with van der Waals surface area (Å²) in [5, 5.41) is 0. The molecule has 0 spiro atoms. The van der Waals surface area contributed by atoms with Crippen LogP contribution < -0.4 is 0 Å². The fourth-order valence-corrected chi connectivity index (χ4v) is 0. The maximum Gasteiger partial charge on any atom is 2.00 e. The first-order valence-corrected chi connectivity index (χ1v) is 2.35. The molecule has 0 aromatic rings. The SMILES string of the molecule is O.O=P(O)(O)O.[Ca+2].[H-].[H-].[H-].[H-].[SiH4].[Sr+2].[Zn]. The second-order valence-corrected chi connectivity index (χ2v) is 1.54. The van der Waals surface area contributed by atoms with Gasteiger partial charge >= 0.3 is 91.0 Å². The van der Waals surface area contributed by atoms with Gasteiger partial charge in [0.1, 0.15) is 0 Å². The smallest absolute Gasteiger partial charge is 1.00 e. The van der Waals surface area contributed by atoms with Crippen LogP contribution in [0.4, 0.5) is 0 Å². The Balaban J connectivity index is -0.00000000222. The summed E-state index contributed by atoms with van der Waals surface area (Å²) < 4.78 is 8.88. The van der Waals surface area contributed by atoms with Crippen LogP contribution in [0.3, 0.4) is 0 Å². The molecule has 0 heterocycles. The molecule has 5 N–H and O–H groups in total. The summed E-state index contributed by atoms with van der Waals surface area (Å²) in [4.78, 5) is 21.6. The molecule has 0 fully saturated rings. The number of phosphoric acid groups is 1. The molecule has 0 rings (SSSR count). The van der Waals surface area contributed by atoms with Crippen LogP contribution in [0, 0.1) is 0 Å². The molecule has 0 saturated heterocycles. The average Bonchev–Trinajstić information content (AvgIpc) is 0.722. The van der Waals surface area contributed by atoms with Crippen LogP contribution in [-0.2, 0) is 24.0 Å². The molecular weight excluding hydrogens is 332 g/mol. The van der Waals surface area contributed by atoms with Crippen molar-refractivity contribution in [3.05, 3.63) is 0 Å². The fraction of sp³-hybridized carbons (Fsp3) is 0. The standard InChI is InChI=1S/Ca.H3O4P.H2O.H4Si.Sr.Zn.4H/c;1-5(2,3)4;;;;;;;;/h;(H3,1,2,3,4);1H2;1H4;;;;;;/q+2;;;;+2;;4*-1. The van der Waals surface area contributed by atoms with E-state index in [0.717, 1.165) is 0 Å². The molecule has 10 heteroatoms. The summed E-state index contributed by atoms with van der Waals surface area (Å²) in [5.74, 6) is 0. The molecule has 0 aliphatic rings. The van der Waals surface area contributed by atoms with Crippen molar-refractivity contribution >= 4 is 102 Å². The Hall–Kier alpha value is 3.65. The number of hydrogen-bond donors (Lipinski definition) is 3. The Morgan fingerprint density at radius 3 is 1.20 bits per heavy atom. The van der Waals surface area contributed by atoms with E-state index in [1.54, 1.807) is 0 Å². The van der Waals surface area contributed by atoms with Crippen molar-refractivity contribution in [1.29, 1.82) is 0 Å². The maximum atomic E-state index is 8.88. The van der Waals surface area contributed by atoms with E-state index >= 15 is 0 Å². The van der Waals surface area contributed by atoms with E-state index in [4.69, 9.17) is 19.2 Å². The summed E-state index contributed by atoms with van der Waals surface area (Å²) in [5.41, 5.74) is 0. The molecule has 0 atom stereocenters. The molecule has 0 aliphatic carbocycles. The summed E-state index contributed by atoms with van der Waals surface area (Å²) in [6, 6.07) is 0. The van der Waals surface area contributed by atoms with Crippen molar-refractivity contribution in [3.8, 4) is 0 Å². The molecule has 0 radical (unpaired) electrons. The Labute approximate surface area is 149 Å². The predicted octanol–water partition coefficient (Wildman–Crippen LogP) is -3.52. The zero-order valence-corrected chi connectivity index (χ0v) is 14.4. The van der Waals surface area contributed by atoms with Crippen LogP contribution in [0.25, 0.3) is 0 Å². The van der Waals surface area contributed by atoms with Gasteiger partial charge in [-0.25, -0.2) is 4.57 Å². The van der Waals surface area contributed by atoms with Crippen molar-refractivity contribution in [2.24, 2.45) is 0 Å². The van der Waals surface area contributed by atoms with Gasteiger partial charge < -0.3 is 25.9 Å². The van der Waals surface area contributed by atoms with Gasteiger partial charge in [0.2, 0.25) is 0 Å². The van der Waals surface area contributed by atoms with Crippen molar-refractivity contribution in [3.63, 3.8) is 0 Å². The van der Waals surface area contributed by atoms with Gasteiger partial charge in [-0.2, -0.15) is 0 Å². The molecule has 0 saturated carbocycles. The third-order valence-corrected chi connectivity index (χ3v) is 0. The Morgan fingerprint density at radius 2 is 1.20 bits per heavy atom. The van der Waals surface area contributed by atoms with Crippen LogP contribution in [0.2, 0.25) is 0 Å². The summed E-state index contributed by atoms with van der Waals surface area (Å²) in [6.07, 6.45) is 0. The molecule has 0 bridgehead atoms. The van der Waals surface area contributed by atoms with Crippen molar-refractivity contribution < 1.29 is 49.9 Å². The minimum Gasteiger partial charge on any atom is -1.00 e. The molecule has 0 unspecified atom stereocenters. The minimum absolute atomic E-state index is 0. The Kier molecular flexibility index (Phi) is 68.8. The van der Waals surface area contributed by atoms with Gasteiger partial charge in [-0.05, 0) is 11.0 Å². The monoisotopic (exact) mass is 344 g/mol. The zero-order chi connectivity index (χ0) is 4.50. The molecule has 0 amide bonds. The molecular formula is H13CaO5PSiSrZn. The molecule has 5 nitrogen and oxygen atoms in total. The first-order chi connectivity index (χ1) is 2.00. The first kappa shape index (κ1) is 37.3. The van der Waals surface area contributed by atoms with E-state index in [9.17, 15) is 0 Å². The predicted molar refractivity (Wildman–Crippen MR) is 45.2 cm³/mol. The van der Waals surface area contributed by atoms with Crippen LogP contribution in [-0.4, -0.2) is 114 Å². The zero-order valence-electron chi connectivity index (χ0n) is 8.82. The summed E-state index contributed by atoms with van der Waals surface area (Å²) in [6.45, 7) is 0. The van der Waals surface area contributed by atoms with E-state index in [-0.39, 0.29) is 125 Å². The van der Waals surface area contributed by atoms with Crippen LogP contribution >= 0.6 is 7.82 Å². The molecule has 10 heavy (non-hydrogen) atoms. The van der Waals surface area contributed by atoms with Gasteiger partial charge in [-0.3, -0.25) is 0 Å². The van der Waals surface area contributed by atoms with E-state index in [0.29, 0.717) is 0 Å². The average molecular weight is 345 g/mol.